The van der Waals surface area contributed by atoms with Crippen molar-refractivity contribution >= 4 is 19.1 Å². The lowest BCUT2D eigenvalue weighted by molar-refractivity contribution is 0.210. The highest BCUT2D eigenvalue weighted by atomic mass is 35.5. The van der Waals surface area contributed by atoms with Crippen molar-refractivity contribution in [2.45, 2.75) is 26.2 Å². The maximum Gasteiger partial charge on any atom is 0.272 e. The van der Waals surface area contributed by atoms with E-state index in [2.05, 4.69) is 6.92 Å². The Balaban J connectivity index is 2.55. The molecule has 1 aliphatic rings. The summed E-state index contributed by atoms with van der Waals surface area (Å²) in [5.41, 5.74) is 0. The molecule has 1 unspecified atom stereocenters. The Hall–Kier alpha value is 0.440. The second-order valence-electron chi connectivity index (χ2n) is 3.54. The monoisotopic (exact) mass is 239 g/mol. The van der Waals surface area contributed by atoms with Crippen molar-refractivity contribution < 1.29 is 9.09 Å². The minimum Gasteiger partial charge on any atom is -0.317 e. The summed E-state index contributed by atoms with van der Waals surface area (Å²) in [4.78, 5) is 0. The van der Waals surface area contributed by atoms with Crippen LogP contribution in [0.3, 0.4) is 0 Å². The minimum atomic E-state index is -2.51. The molecule has 0 aromatic rings. The minimum absolute atomic E-state index is 0.527. The summed E-state index contributed by atoms with van der Waals surface area (Å²) in [6.45, 7) is 4.29. The second-order valence-corrected chi connectivity index (χ2v) is 6.47. The molecule has 1 atom stereocenters. The van der Waals surface area contributed by atoms with Crippen LogP contribution in [0.2, 0.25) is 0 Å². The van der Waals surface area contributed by atoms with Gasteiger partial charge in [0.25, 0.3) is 7.52 Å². The van der Waals surface area contributed by atoms with Gasteiger partial charge in [-0.2, -0.15) is 0 Å². The Bertz CT molecular complexity index is 211. The number of unbranched alkanes of at least 4 members (excludes halogenated alkanes) is 1. The zero-order chi connectivity index (χ0) is 10.4. The maximum atomic E-state index is 12.4. The first kappa shape index (κ1) is 12.5. The number of nitrogens with zero attached hydrogens (tertiary/aromatic N) is 1. The fraction of sp³-hybridized carbons (Fsp3) is 1.00. The molecule has 0 saturated carbocycles. The molecule has 0 amide bonds. The summed E-state index contributed by atoms with van der Waals surface area (Å²) < 4.78 is 19.8. The van der Waals surface area contributed by atoms with E-state index in [-0.39, 0.29) is 0 Å². The molecule has 1 aliphatic heterocycles. The number of hydrogen-bond acceptors (Lipinski definition) is 2. The molecule has 1 rings (SSSR count). The predicted molar refractivity (Wildman–Crippen MR) is 60.2 cm³/mol. The predicted octanol–water partition coefficient (Wildman–Crippen LogP) is 2.94. The van der Waals surface area contributed by atoms with Crippen LogP contribution in [0.25, 0.3) is 0 Å². The third-order valence-corrected chi connectivity index (χ3v) is 5.32. The van der Waals surface area contributed by atoms with Crippen molar-refractivity contribution in [3.8, 4) is 0 Å². The first-order valence-electron chi connectivity index (χ1n) is 5.28. The molecule has 1 heterocycles. The fourth-order valence-corrected chi connectivity index (χ4v) is 4.49. The molecule has 0 radical (unpaired) electrons. The highest BCUT2D eigenvalue weighted by molar-refractivity contribution is 7.56. The molecular formula is C9H19ClNO2P. The molecule has 0 bridgehead atoms. The van der Waals surface area contributed by atoms with Gasteiger partial charge in [0.15, 0.2) is 0 Å². The summed E-state index contributed by atoms with van der Waals surface area (Å²) in [6.07, 6.45) is 3.67. The molecule has 0 spiro atoms. The lowest BCUT2D eigenvalue weighted by atomic mass is 10.4. The highest BCUT2D eigenvalue weighted by Gasteiger charge is 2.33. The first-order valence-corrected chi connectivity index (χ1v) is 7.57. The van der Waals surface area contributed by atoms with Crippen molar-refractivity contribution in [3.05, 3.63) is 0 Å². The molecule has 0 N–H and O–H groups in total. The van der Waals surface area contributed by atoms with Crippen LogP contribution in [0.15, 0.2) is 0 Å². The van der Waals surface area contributed by atoms with Crippen LogP contribution in [0.4, 0.5) is 0 Å². The molecular weight excluding hydrogens is 221 g/mol. The molecule has 3 nitrogen and oxygen atoms in total. The zero-order valence-electron chi connectivity index (χ0n) is 8.75. The Morgan fingerprint density at radius 1 is 1.57 bits per heavy atom. The summed E-state index contributed by atoms with van der Waals surface area (Å²) in [5, 5.41) is 0. The number of rotatable bonds is 5. The molecule has 14 heavy (non-hydrogen) atoms. The summed E-state index contributed by atoms with van der Waals surface area (Å²) in [5.74, 6) is 0.527. The van der Waals surface area contributed by atoms with E-state index in [1.54, 1.807) is 0 Å². The normalized spacial score (nSPS) is 29.3. The second kappa shape index (κ2) is 6.12. The van der Waals surface area contributed by atoms with E-state index in [1.165, 1.54) is 0 Å². The van der Waals surface area contributed by atoms with Crippen molar-refractivity contribution in [1.29, 1.82) is 0 Å². The molecule has 1 fully saturated rings. The summed E-state index contributed by atoms with van der Waals surface area (Å²) >= 11 is 5.68. The number of hydrogen-bond donors (Lipinski definition) is 0. The molecule has 84 valence electrons. The Morgan fingerprint density at radius 2 is 2.36 bits per heavy atom. The molecule has 5 heteroatoms. The van der Waals surface area contributed by atoms with Crippen LogP contribution in [0, 0.1) is 0 Å². The van der Waals surface area contributed by atoms with Crippen LogP contribution in [-0.4, -0.2) is 36.4 Å². The Kier molecular flexibility index (Phi) is 5.47. The quantitative estimate of drug-likeness (QED) is 0.546. The molecule has 0 aliphatic carbocycles. The summed E-state index contributed by atoms with van der Waals surface area (Å²) in [7, 11) is -2.51. The van der Waals surface area contributed by atoms with E-state index in [0.717, 1.165) is 25.8 Å². The van der Waals surface area contributed by atoms with Gasteiger partial charge in [0.2, 0.25) is 0 Å². The Labute approximate surface area is 91.3 Å². The number of halogens is 1. The van der Waals surface area contributed by atoms with Crippen molar-refractivity contribution in [3.63, 3.8) is 0 Å². The SMILES string of the molecule is CCCCP1(=O)OCCCN1CCCl. The lowest BCUT2D eigenvalue weighted by Gasteiger charge is -2.34. The third kappa shape index (κ3) is 3.23. The largest absolute Gasteiger partial charge is 0.317 e. The van der Waals surface area contributed by atoms with Crippen LogP contribution < -0.4 is 0 Å². The van der Waals surface area contributed by atoms with Gasteiger partial charge in [-0.1, -0.05) is 13.3 Å². The van der Waals surface area contributed by atoms with E-state index in [9.17, 15) is 4.57 Å². The highest BCUT2D eigenvalue weighted by Crippen LogP contribution is 2.53. The van der Waals surface area contributed by atoms with E-state index >= 15 is 0 Å². The fourth-order valence-electron chi connectivity index (χ4n) is 1.61. The van der Waals surface area contributed by atoms with Crippen LogP contribution in [-0.2, 0) is 9.09 Å². The van der Waals surface area contributed by atoms with Gasteiger partial charge in [-0.3, -0.25) is 4.57 Å². The standard InChI is InChI=1S/C9H19ClNO2P/c1-2-3-9-14(12)11(7-5-10)6-4-8-13-14/h2-9H2,1H3. The summed E-state index contributed by atoms with van der Waals surface area (Å²) in [6, 6.07) is 0. The van der Waals surface area contributed by atoms with Gasteiger partial charge in [-0.25, -0.2) is 4.67 Å². The van der Waals surface area contributed by atoms with Gasteiger partial charge in [0, 0.05) is 25.1 Å². The van der Waals surface area contributed by atoms with E-state index in [4.69, 9.17) is 16.1 Å². The molecule has 0 aromatic carbocycles. The van der Waals surface area contributed by atoms with Gasteiger partial charge in [0.1, 0.15) is 0 Å². The Morgan fingerprint density at radius 3 is 3.00 bits per heavy atom. The van der Waals surface area contributed by atoms with Crippen molar-refractivity contribution in [2.24, 2.45) is 0 Å². The lowest BCUT2D eigenvalue weighted by Crippen LogP contribution is -2.31. The van der Waals surface area contributed by atoms with E-state index in [1.807, 2.05) is 4.67 Å². The van der Waals surface area contributed by atoms with E-state index < -0.39 is 7.52 Å². The van der Waals surface area contributed by atoms with Crippen molar-refractivity contribution in [1.82, 2.24) is 4.67 Å². The maximum absolute atomic E-state index is 12.4. The average Bonchev–Trinajstić information content (AvgIpc) is 2.19. The smallest absolute Gasteiger partial charge is 0.272 e. The van der Waals surface area contributed by atoms with Gasteiger partial charge >= 0.3 is 0 Å². The van der Waals surface area contributed by atoms with Gasteiger partial charge in [-0.15, -0.1) is 11.6 Å². The van der Waals surface area contributed by atoms with Gasteiger partial charge in [0.05, 0.1) is 6.61 Å². The third-order valence-electron chi connectivity index (χ3n) is 2.42. The van der Waals surface area contributed by atoms with Gasteiger partial charge in [-0.05, 0) is 12.8 Å². The first-order chi connectivity index (χ1) is 6.73. The van der Waals surface area contributed by atoms with Crippen LogP contribution in [0.5, 0.6) is 0 Å². The van der Waals surface area contributed by atoms with Gasteiger partial charge < -0.3 is 4.52 Å². The van der Waals surface area contributed by atoms with Crippen LogP contribution in [0.1, 0.15) is 26.2 Å². The van der Waals surface area contributed by atoms with Crippen LogP contribution >= 0.6 is 19.1 Å². The zero-order valence-corrected chi connectivity index (χ0v) is 10.4. The molecule has 0 aromatic heterocycles. The number of alkyl halides is 1. The average molecular weight is 240 g/mol. The molecule has 1 saturated heterocycles. The van der Waals surface area contributed by atoms with Crippen molar-refractivity contribution in [2.75, 3.05) is 31.7 Å². The topological polar surface area (TPSA) is 29.5 Å². The van der Waals surface area contributed by atoms with E-state index in [0.29, 0.717) is 25.2 Å².